The molecular weight excluding hydrogens is 136 g/mol. The van der Waals surface area contributed by atoms with Crippen LogP contribution in [-0.2, 0) is 4.74 Å². The fourth-order valence-electron chi connectivity index (χ4n) is 1.48. The van der Waals surface area contributed by atoms with Crippen molar-refractivity contribution in [3.8, 4) is 0 Å². The van der Waals surface area contributed by atoms with Gasteiger partial charge in [-0.1, -0.05) is 25.5 Å². The molecule has 0 radical (unpaired) electrons. The highest BCUT2D eigenvalue weighted by atomic mass is 16.5. The molecule has 1 atom stereocenters. The third kappa shape index (κ3) is 1.86. The molecule has 0 aromatic carbocycles. The Morgan fingerprint density at radius 2 is 2.27 bits per heavy atom. The molecule has 1 heteroatoms. The number of methoxy groups -OCH3 is 1. The van der Waals surface area contributed by atoms with Gasteiger partial charge in [0.25, 0.3) is 0 Å². The van der Waals surface area contributed by atoms with E-state index in [0.29, 0.717) is 5.92 Å². The highest BCUT2D eigenvalue weighted by molar-refractivity contribution is 5.22. The largest absolute Gasteiger partial charge is 0.501 e. The van der Waals surface area contributed by atoms with Gasteiger partial charge in [-0.05, 0) is 18.4 Å². The van der Waals surface area contributed by atoms with E-state index in [2.05, 4.69) is 26.0 Å². The van der Waals surface area contributed by atoms with Crippen LogP contribution in [0.1, 0.15) is 26.7 Å². The van der Waals surface area contributed by atoms with Crippen LogP contribution < -0.4 is 0 Å². The SMILES string of the molecule is CCC1=CC=C(OC)CC1C. The molecule has 0 heterocycles. The third-order valence-corrected chi connectivity index (χ3v) is 2.29. The van der Waals surface area contributed by atoms with Crippen molar-refractivity contribution in [2.24, 2.45) is 5.92 Å². The van der Waals surface area contributed by atoms with E-state index in [4.69, 9.17) is 4.74 Å². The van der Waals surface area contributed by atoms with Crippen LogP contribution in [0.15, 0.2) is 23.5 Å². The predicted octanol–water partition coefficient (Wildman–Crippen LogP) is 2.89. The Bertz CT molecular complexity index is 189. The van der Waals surface area contributed by atoms with Gasteiger partial charge in [-0.3, -0.25) is 0 Å². The van der Waals surface area contributed by atoms with Crippen LogP contribution in [0.4, 0.5) is 0 Å². The lowest BCUT2D eigenvalue weighted by Gasteiger charge is -2.19. The molecule has 0 amide bonds. The van der Waals surface area contributed by atoms with Gasteiger partial charge in [-0.25, -0.2) is 0 Å². The molecule has 0 saturated heterocycles. The van der Waals surface area contributed by atoms with Gasteiger partial charge in [-0.2, -0.15) is 0 Å². The summed E-state index contributed by atoms with van der Waals surface area (Å²) in [5.74, 6) is 1.77. The van der Waals surface area contributed by atoms with Crippen LogP contribution in [0.2, 0.25) is 0 Å². The van der Waals surface area contributed by atoms with E-state index >= 15 is 0 Å². The molecule has 11 heavy (non-hydrogen) atoms. The van der Waals surface area contributed by atoms with Gasteiger partial charge in [0.05, 0.1) is 12.9 Å². The Hall–Kier alpha value is -0.720. The van der Waals surface area contributed by atoms with Crippen molar-refractivity contribution in [2.75, 3.05) is 7.11 Å². The van der Waals surface area contributed by atoms with Crippen molar-refractivity contribution in [3.63, 3.8) is 0 Å². The average Bonchev–Trinajstić information content (AvgIpc) is 2.04. The molecule has 1 rings (SSSR count). The van der Waals surface area contributed by atoms with Crippen LogP contribution in [0.3, 0.4) is 0 Å². The highest BCUT2D eigenvalue weighted by Gasteiger charge is 2.13. The first-order chi connectivity index (χ1) is 5.27. The van der Waals surface area contributed by atoms with E-state index in [1.165, 1.54) is 5.57 Å². The first kappa shape index (κ1) is 8.38. The van der Waals surface area contributed by atoms with Crippen molar-refractivity contribution in [1.82, 2.24) is 0 Å². The van der Waals surface area contributed by atoms with E-state index in [1.54, 1.807) is 7.11 Å². The third-order valence-electron chi connectivity index (χ3n) is 2.29. The first-order valence-corrected chi connectivity index (χ1v) is 4.21. The molecule has 0 N–H and O–H groups in total. The Morgan fingerprint density at radius 1 is 1.55 bits per heavy atom. The van der Waals surface area contributed by atoms with E-state index < -0.39 is 0 Å². The minimum absolute atomic E-state index is 0.667. The number of allylic oxidation sites excluding steroid dienone is 4. The van der Waals surface area contributed by atoms with Crippen molar-refractivity contribution >= 4 is 0 Å². The summed E-state index contributed by atoms with van der Waals surface area (Å²) in [6.07, 6.45) is 6.50. The van der Waals surface area contributed by atoms with E-state index in [9.17, 15) is 0 Å². The summed E-state index contributed by atoms with van der Waals surface area (Å²) in [5, 5.41) is 0. The highest BCUT2D eigenvalue weighted by Crippen LogP contribution is 2.26. The zero-order valence-corrected chi connectivity index (χ0v) is 7.55. The van der Waals surface area contributed by atoms with Gasteiger partial charge >= 0.3 is 0 Å². The standard InChI is InChI=1S/C10H16O/c1-4-9-5-6-10(11-3)7-8(9)2/h5-6,8H,4,7H2,1-3H3. The summed E-state index contributed by atoms with van der Waals surface area (Å²) in [4.78, 5) is 0. The quantitative estimate of drug-likeness (QED) is 0.591. The lowest BCUT2D eigenvalue weighted by atomic mass is 9.91. The fourth-order valence-corrected chi connectivity index (χ4v) is 1.48. The van der Waals surface area contributed by atoms with Crippen molar-refractivity contribution in [1.29, 1.82) is 0 Å². The molecule has 0 saturated carbocycles. The Balaban J connectivity index is 2.69. The molecular formula is C10H16O. The second-order valence-electron chi connectivity index (χ2n) is 3.04. The van der Waals surface area contributed by atoms with Gasteiger partial charge in [0, 0.05) is 6.42 Å². The average molecular weight is 152 g/mol. The normalized spacial score (nSPS) is 24.1. The number of rotatable bonds is 2. The summed E-state index contributed by atoms with van der Waals surface area (Å²) in [6.45, 7) is 4.45. The molecule has 0 aromatic rings. The van der Waals surface area contributed by atoms with Crippen molar-refractivity contribution < 1.29 is 4.74 Å². The van der Waals surface area contributed by atoms with Gasteiger partial charge in [0.1, 0.15) is 0 Å². The van der Waals surface area contributed by atoms with Crippen LogP contribution >= 0.6 is 0 Å². The Labute approximate surface area is 68.8 Å². The van der Waals surface area contributed by atoms with Gasteiger partial charge < -0.3 is 4.74 Å². The summed E-state index contributed by atoms with van der Waals surface area (Å²) in [7, 11) is 1.74. The van der Waals surface area contributed by atoms with E-state index in [-0.39, 0.29) is 0 Å². The lowest BCUT2D eigenvalue weighted by molar-refractivity contribution is 0.264. The second kappa shape index (κ2) is 3.61. The van der Waals surface area contributed by atoms with Gasteiger partial charge in [0.15, 0.2) is 0 Å². The van der Waals surface area contributed by atoms with Gasteiger partial charge in [-0.15, -0.1) is 0 Å². The van der Waals surface area contributed by atoms with Crippen LogP contribution in [0.5, 0.6) is 0 Å². The first-order valence-electron chi connectivity index (χ1n) is 4.21. The van der Waals surface area contributed by atoms with E-state index in [1.807, 2.05) is 0 Å². The Morgan fingerprint density at radius 3 is 2.73 bits per heavy atom. The topological polar surface area (TPSA) is 9.23 Å². The molecule has 1 nitrogen and oxygen atoms in total. The monoisotopic (exact) mass is 152 g/mol. The smallest absolute Gasteiger partial charge is 0.0961 e. The minimum Gasteiger partial charge on any atom is -0.501 e. The second-order valence-corrected chi connectivity index (χ2v) is 3.04. The molecule has 0 aromatic heterocycles. The van der Waals surface area contributed by atoms with Crippen LogP contribution in [-0.4, -0.2) is 7.11 Å². The van der Waals surface area contributed by atoms with Crippen LogP contribution in [0.25, 0.3) is 0 Å². The molecule has 1 unspecified atom stereocenters. The molecule has 0 fully saturated rings. The fraction of sp³-hybridized carbons (Fsp3) is 0.600. The molecule has 0 bridgehead atoms. The minimum atomic E-state index is 0.667. The predicted molar refractivity (Wildman–Crippen MR) is 47.2 cm³/mol. The molecule has 0 aliphatic heterocycles. The molecule has 1 aliphatic carbocycles. The summed E-state index contributed by atoms with van der Waals surface area (Å²) in [5.41, 5.74) is 1.53. The zero-order chi connectivity index (χ0) is 8.27. The maximum absolute atomic E-state index is 5.17. The summed E-state index contributed by atoms with van der Waals surface area (Å²) in [6, 6.07) is 0. The maximum Gasteiger partial charge on any atom is 0.0961 e. The number of hydrogen-bond donors (Lipinski definition) is 0. The number of ether oxygens (including phenoxy) is 1. The van der Waals surface area contributed by atoms with Crippen molar-refractivity contribution in [2.45, 2.75) is 26.7 Å². The van der Waals surface area contributed by atoms with Gasteiger partial charge in [0.2, 0.25) is 0 Å². The van der Waals surface area contributed by atoms with Crippen molar-refractivity contribution in [3.05, 3.63) is 23.5 Å². The maximum atomic E-state index is 5.17. The molecule has 1 aliphatic rings. The Kier molecular flexibility index (Phi) is 2.75. The van der Waals surface area contributed by atoms with E-state index in [0.717, 1.165) is 18.6 Å². The number of hydrogen-bond acceptors (Lipinski definition) is 1. The summed E-state index contributed by atoms with van der Waals surface area (Å²) < 4.78 is 5.17. The lowest BCUT2D eigenvalue weighted by Crippen LogP contribution is -2.05. The molecule has 0 spiro atoms. The molecule has 62 valence electrons. The van der Waals surface area contributed by atoms with Crippen LogP contribution in [0, 0.1) is 5.92 Å². The zero-order valence-electron chi connectivity index (χ0n) is 7.55. The summed E-state index contributed by atoms with van der Waals surface area (Å²) >= 11 is 0.